The van der Waals surface area contributed by atoms with Crippen LogP contribution in [0.3, 0.4) is 0 Å². The molecule has 4 nitrogen and oxygen atoms in total. The molecule has 0 saturated carbocycles. The lowest BCUT2D eigenvalue weighted by Gasteiger charge is -2.29. The summed E-state index contributed by atoms with van der Waals surface area (Å²) in [5, 5.41) is 4.04. The fourth-order valence-corrected chi connectivity index (χ4v) is 5.02. The van der Waals surface area contributed by atoms with Crippen LogP contribution in [0.1, 0.15) is 34.7 Å². The average Bonchev–Trinajstić information content (AvgIpc) is 3.39. The zero-order valence-corrected chi connectivity index (χ0v) is 20.0. The number of aryl methyl sites for hydroxylation is 1. The monoisotopic (exact) mass is 454 g/mol. The Hall–Kier alpha value is -2.44. The van der Waals surface area contributed by atoms with E-state index in [1.165, 1.54) is 10.4 Å². The maximum atomic E-state index is 13.4. The third-order valence-corrected chi connectivity index (χ3v) is 6.93. The van der Waals surface area contributed by atoms with Crippen LogP contribution in [-0.2, 0) is 29.1 Å². The molecule has 0 spiro atoms. The summed E-state index contributed by atoms with van der Waals surface area (Å²) in [7, 11) is 0. The van der Waals surface area contributed by atoms with Crippen LogP contribution in [0.15, 0.2) is 59.3 Å². The van der Waals surface area contributed by atoms with Gasteiger partial charge in [0.05, 0.1) is 19.5 Å². The third kappa shape index (κ3) is 7.04. The molecule has 3 aromatic rings. The molecule has 0 aliphatic rings. The largest absolute Gasteiger partial charge is 0.333 e. The Morgan fingerprint density at radius 1 is 0.871 bits per heavy atom. The van der Waals surface area contributed by atoms with Gasteiger partial charge in [-0.2, -0.15) is 0 Å². The fraction of sp³-hybridized carbons (Fsp3) is 0.360. The first-order valence-corrected chi connectivity index (χ1v) is 12.3. The number of carbonyl (C=O) groups excluding carboxylic acids is 2. The van der Waals surface area contributed by atoms with Crippen molar-refractivity contribution in [2.24, 2.45) is 5.92 Å². The average molecular weight is 455 g/mol. The lowest BCUT2D eigenvalue weighted by Crippen LogP contribution is -2.44. The van der Waals surface area contributed by atoms with Crippen molar-refractivity contribution < 1.29 is 9.59 Å². The fourth-order valence-electron chi connectivity index (χ4n) is 3.41. The Labute approximate surface area is 193 Å². The van der Waals surface area contributed by atoms with Gasteiger partial charge in [0, 0.05) is 22.8 Å². The van der Waals surface area contributed by atoms with Crippen molar-refractivity contribution in [2.75, 3.05) is 13.1 Å². The minimum atomic E-state index is -0.0168. The van der Waals surface area contributed by atoms with Crippen LogP contribution >= 0.6 is 22.7 Å². The Kier molecular flexibility index (Phi) is 8.43. The molecule has 0 fully saturated rings. The van der Waals surface area contributed by atoms with Gasteiger partial charge in [-0.05, 0) is 46.9 Å². The molecule has 6 heteroatoms. The Morgan fingerprint density at radius 3 is 2.26 bits per heavy atom. The Bertz CT molecular complexity index is 965. The van der Waals surface area contributed by atoms with Crippen LogP contribution < -0.4 is 0 Å². The predicted molar refractivity (Wildman–Crippen MR) is 129 cm³/mol. The van der Waals surface area contributed by atoms with Crippen LogP contribution in [0.25, 0.3) is 0 Å². The van der Waals surface area contributed by atoms with Crippen molar-refractivity contribution in [3.63, 3.8) is 0 Å². The lowest BCUT2D eigenvalue weighted by molar-refractivity contribution is -0.141. The van der Waals surface area contributed by atoms with Gasteiger partial charge >= 0.3 is 0 Å². The summed E-state index contributed by atoms with van der Waals surface area (Å²) < 4.78 is 0. The van der Waals surface area contributed by atoms with E-state index in [0.717, 1.165) is 10.4 Å². The number of rotatable bonds is 10. The smallest absolute Gasteiger partial charge is 0.242 e. The summed E-state index contributed by atoms with van der Waals surface area (Å²) in [4.78, 5) is 32.2. The predicted octanol–water partition coefficient (Wildman–Crippen LogP) is 5.37. The minimum Gasteiger partial charge on any atom is -0.333 e. The van der Waals surface area contributed by atoms with Crippen LogP contribution in [0, 0.1) is 12.8 Å². The summed E-state index contributed by atoms with van der Waals surface area (Å²) in [6, 6.07) is 16.0. The van der Waals surface area contributed by atoms with Gasteiger partial charge in [0.1, 0.15) is 0 Å². The van der Waals surface area contributed by atoms with E-state index in [0.29, 0.717) is 32.0 Å². The number of nitrogens with zero attached hydrogens (tertiary/aromatic N) is 2. The maximum absolute atomic E-state index is 13.4. The molecular weight excluding hydrogens is 424 g/mol. The normalized spacial score (nSPS) is 11.0. The van der Waals surface area contributed by atoms with Crippen molar-refractivity contribution in [3.05, 3.63) is 80.2 Å². The van der Waals surface area contributed by atoms with E-state index in [4.69, 9.17) is 0 Å². The zero-order chi connectivity index (χ0) is 22.2. The van der Waals surface area contributed by atoms with Crippen LogP contribution in [0.4, 0.5) is 0 Å². The topological polar surface area (TPSA) is 40.6 Å². The minimum absolute atomic E-state index is 0.0106. The third-order valence-electron chi connectivity index (χ3n) is 5.04. The second-order valence-electron chi connectivity index (χ2n) is 8.19. The summed E-state index contributed by atoms with van der Waals surface area (Å²) in [5.41, 5.74) is 2.29. The highest BCUT2D eigenvalue weighted by atomic mass is 32.1. The van der Waals surface area contributed by atoms with Gasteiger partial charge in [0.25, 0.3) is 0 Å². The molecule has 0 aliphatic heterocycles. The number of benzene rings is 1. The molecule has 2 aromatic heterocycles. The van der Waals surface area contributed by atoms with Crippen molar-refractivity contribution in [2.45, 2.75) is 40.3 Å². The van der Waals surface area contributed by atoms with Gasteiger partial charge < -0.3 is 9.80 Å². The van der Waals surface area contributed by atoms with Gasteiger partial charge in [-0.3, -0.25) is 9.59 Å². The molecule has 0 bridgehead atoms. The molecule has 0 aliphatic carbocycles. The molecule has 164 valence electrons. The van der Waals surface area contributed by atoms with Crippen molar-refractivity contribution in [3.8, 4) is 0 Å². The summed E-state index contributed by atoms with van der Waals surface area (Å²) >= 11 is 3.25. The van der Waals surface area contributed by atoms with E-state index < -0.39 is 0 Å². The first kappa shape index (κ1) is 23.2. The van der Waals surface area contributed by atoms with Gasteiger partial charge in [0.2, 0.25) is 11.8 Å². The highest BCUT2D eigenvalue weighted by molar-refractivity contribution is 7.10. The van der Waals surface area contributed by atoms with E-state index in [1.807, 2.05) is 52.7 Å². The molecular formula is C25H30N2O2S2. The number of amides is 2. The second kappa shape index (κ2) is 11.3. The molecule has 2 heterocycles. The first-order valence-electron chi connectivity index (χ1n) is 10.6. The van der Waals surface area contributed by atoms with E-state index >= 15 is 0 Å². The quantitative estimate of drug-likeness (QED) is 0.413. The molecule has 0 saturated heterocycles. The first-order chi connectivity index (χ1) is 14.9. The number of hydrogen-bond donors (Lipinski definition) is 0. The number of hydrogen-bond acceptors (Lipinski definition) is 4. The summed E-state index contributed by atoms with van der Waals surface area (Å²) in [6.07, 6.45) is 0.348. The molecule has 0 atom stereocenters. The Morgan fingerprint density at radius 2 is 1.65 bits per heavy atom. The van der Waals surface area contributed by atoms with Crippen molar-refractivity contribution in [1.82, 2.24) is 9.80 Å². The summed E-state index contributed by atoms with van der Waals surface area (Å²) in [6.45, 7) is 8.01. The van der Waals surface area contributed by atoms with E-state index in [-0.39, 0.29) is 18.4 Å². The number of carbonyl (C=O) groups is 2. The van der Waals surface area contributed by atoms with Crippen LogP contribution in [0.2, 0.25) is 0 Å². The van der Waals surface area contributed by atoms with Crippen molar-refractivity contribution >= 4 is 34.5 Å². The SMILES string of the molecule is Cc1ccsc1CN(Cc1ccccc1)C(=O)CN(CC(C)C)C(=O)Cc1cccs1. The van der Waals surface area contributed by atoms with Gasteiger partial charge in [-0.15, -0.1) is 22.7 Å². The highest BCUT2D eigenvalue weighted by Crippen LogP contribution is 2.20. The highest BCUT2D eigenvalue weighted by Gasteiger charge is 2.23. The summed E-state index contributed by atoms with van der Waals surface area (Å²) in [5.74, 6) is 0.287. The molecule has 31 heavy (non-hydrogen) atoms. The van der Waals surface area contributed by atoms with Gasteiger partial charge in [-0.1, -0.05) is 50.2 Å². The maximum Gasteiger partial charge on any atom is 0.242 e. The van der Waals surface area contributed by atoms with E-state index in [2.05, 4.69) is 32.2 Å². The van der Waals surface area contributed by atoms with Crippen molar-refractivity contribution in [1.29, 1.82) is 0 Å². The Balaban J connectivity index is 1.76. The van der Waals surface area contributed by atoms with Gasteiger partial charge in [-0.25, -0.2) is 0 Å². The second-order valence-corrected chi connectivity index (χ2v) is 10.2. The van der Waals surface area contributed by atoms with Crippen LogP contribution in [0.5, 0.6) is 0 Å². The van der Waals surface area contributed by atoms with E-state index in [1.54, 1.807) is 27.6 Å². The molecule has 0 unspecified atom stereocenters. The lowest BCUT2D eigenvalue weighted by atomic mass is 10.1. The molecule has 0 N–H and O–H groups in total. The molecule has 1 aromatic carbocycles. The molecule has 2 amide bonds. The zero-order valence-electron chi connectivity index (χ0n) is 18.4. The standard InChI is InChI=1S/C25H30N2O2S2/c1-19(2)15-26(24(28)14-22-10-7-12-30-22)18-25(29)27(16-21-8-5-4-6-9-21)17-23-20(3)11-13-31-23/h4-13,19H,14-18H2,1-3H3. The molecule has 0 radical (unpaired) electrons. The molecule has 3 rings (SSSR count). The van der Waals surface area contributed by atoms with E-state index in [9.17, 15) is 9.59 Å². The van der Waals surface area contributed by atoms with Crippen LogP contribution in [-0.4, -0.2) is 34.7 Å². The van der Waals surface area contributed by atoms with Gasteiger partial charge in [0.15, 0.2) is 0 Å². The number of thiophene rings is 2.